The Kier molecular flexibility index (Phi) is 4.41. The molecule has 0 N–H and O–H groups in total. The zero-order chi connectivity index (χ0) is 14.4. The number of aryl methyl sites for hydroxylation is 1. The number of ether oxygens (including phenoxy) is 2. The maximum Gasteiger partial charge on any atom is 0.384 e. The molecule has 0 aromatic heterocycles. The van der Waals surface area contributed by atoms with Crippen LogP contribution in [0.4, 0.5) is 0 Å². The highest BCUT2D eigenvalue weighted by Gasteiger charge is 2.01. The van der Waals surface area contributed by atoms with Crippen molar-refractivity contribution < 1.29 is 14.3 Å². The lowest BCUT2D eigenvalue weighted by Crippen LogP contribution is -1.95. The van der Waals surface area contributed by atoms with Gasteiger partial charge in [-0.1, -0.05) is 24.1 Å². The van der Waals surface area contributed by atoms with Gasteiger partial charge in [0.05, 0.1) is 7.11 Å². The van der Waals surface area contributed by atoms with Gasteiger partial charge in [0.1, 0.15) is 11.5 Å². The summed E-state index contributed by atoms with van der Waals surface area (Å²) in [5.74, 6) is 6.15. The number of para-hydroxylation sites is 1. The molecule has 0 spiro atoms. The third-order valence-corrected chi connectivity index (χ3v) is 2.66. The maximum atomic E-state index is 11.0. The van der Waals surface area contributed by atoms with E-state index in [1.807, 2.05) is 55.5 Å². The lowest BCUT2D eigenvalue weighted by atomic mass is 10.1. The SMILES string of the molecule is COC(=O)C#Cc1ccc(Oc2ccccc2)cc1C. The molecule has 2 aromatic rings. The Labute approximate surface area is 118 Å². The highest BCUT2D eigenvalue weighted by molar-refractivity contribution is 5.89. The zero-order valence-corrected chi connectivity index (χ0v) is 11.3. The van der Waals surface area contributed by atoms with Crippen LogP contribution >= 0.6 is 0 Å². The molecule has 3 nitrogen and oxygen atoms in total. The smallest absolute Gasteiger partial charge is 0.384 e. The van der Waals surface area contributed by atoms with Crippen molar-refractivity contribution in [2.75, 3.05) is 7.11 Å². The van der Waals surface area contributed by atoms with Crippen LogP contribution in [0.15, 0.2) is 48.5 Å². The Morgan fingerprint density at radius 3 is 2.45 bits per heavy atom. The number of carbonyl (C=O) groups is 1. The highest BCUT2D eigenvalue weighted by atomic mass is 16.5. The quantitative estimate of drug-likeness (QED) is 0.618. The number of hydrogen-bond acceptors (Lipinski definition) is 3. The van der Waals surface area contributed by atoms with Crippen molar-refractivity contribution in [1.29, 1.82) is 0 Å². The Morgan fingerprint density at radius 2 is 1.80 bits per heavy atom. The predicted molar refractivity (Wildman–Crippen MR) is 76.6 cm³/mol. The van der Waals surface area contributed by atoms with E-state index in [-0.39, 0.29) is 0 Å². The summed E-state index contributed by atoms with van der Waals surface area (Å²) in [5, 5.41) is 0. The summed E-state index contributed by atoms with van der Waals surface area (Å²) in [4.78, 5) is 11.0. The second-order valence-electron chi connectivity index (χ2n) is 4.13. The van der Waals surface area contributed by atoms with Crippen LogP contribution in [0.5, 0.6) is 11.5 Å². The first-order chi connectivity index (χ1) is 9.69. The Morgan fingerprint density at radius 1 is 1.05 bits per heavy atom. The number of methoxy groups -OCH3 is 1. The highest BCUT2D eigenvalue weighted by Crippen LogP contribution is 2.23. The van der Waals surface area contributed by atoms with Gasteiger partial charge in [-0.3, -0.25) is 0 Å². The molecule has 0 heterocycles. The summed E-state index contributed by atoms with van der Waals surface area (Å²) in [6.45, 7) is 1.92. The number of benzene rings is 2. The third kappa shape index (κ3) is 3.63. The average molecular weight is 266 g/mol. The molecule has 100 valence electrons. The second kappa shape index (κ2) is 6.44. The van der Waals surface area contributed by atoms with Gasteiger partial charge < -0.3 is 9.47 Å². The largest absolute Gasteiger partial charge is 0.459 e. The Hall–Kier alpha value is -2.73. The van der Waals surface area contributed by atoms with Crippen molar-refractivity contribution in [2.24, 2.45) is 0 Å². The van der Waals surface area contributed by atoms with Crippen molar-refractivity contribution in [3.8, 4) is 23.3 Å². The summed E-state index contributed by atoms with van der Waals surface area (Å²) in [5.41, 5.74) is 1.71. The molecule has 3 heteroatoms. The van der Waals surface area contributed by atoms with E-state index in [4.69, 9.17) is 4.74 Å². The monoisotopic (exact) mass is 266 g/mol. The molecule has 0 atom stereocenters. The van der Waals surface area contributed by atoms with Crippen LogP contribution in [0, 0.1) is 18.8 Å². The van der Waals surface area contributed by atoms with E-state index in [0.29, 0.717) is 0 Å². The maximum absolute atomic E-state index is 11.0. The fourth-order valence-corrected chi connectivity index (χ4v) is 1.63. The molecule has 0 aliphatic heterocycles. The molecule has 0 bridgehead atoms. The van der Waals surface area contributed by atoms with Crippen LogP contribution in [0.25, 0.3) is 0 Å². The molecule has 0 fully saturated rings. The van der Waals surface area contributed by atoms with Gasteiger partial charge in [-0.25, -0.2) is 4.79 Å². The molecule has 0 unspecified atom stereocenters. The van der Waals surface area contributed by atoms with Gasteiger partial charge in [0, 0.05) is 11.5 Å². The average Bonchev–Trinajstić information content (AvgIpc) is 2.47. The van der Waals surface area contributed by atoms with Crippen molar-refractivity contribution in [2.45, 2.75) is 6.92 Å². The standard InChI is InChI=1S/C17H14O3/c1-13-12-16(20-15-6-4-3-5-7-15)10-8-14(13)9-11-17(18)19-2/h3-8,10,12H,1-2H3. The molecule has 20 heavy (non-hydrogen) atoms. The molecule has 0 radical (unpaired) electrons. The molecule has 0 aliphatic rings. The summed E-state index contributed by atoms with van der Waals surface area (Å²) < 4.78 is 10.2. The first kappa shape index (κ1) is 13.7. The van der Waals surface area contributed by atoms with Crippen molar-refractivity contribution in [1.82, 2.24) is 0 Å². The van der Waals surface area contributed by atoms with Gasteiger partial charge in [-0.15, -0.1) is 0 Å². The third-order valence-electron chi connectivity index (χ3n) is 2.66. The van der Waals surface area contributed by atoms with Crippen LogP contribution in [0.2, 0.25) is 0 Å². The number of esters is 1. The minimum absolute atomic E-state index is 0.547. The molecular weight excluding hydrogens is 252 g/mol. The summed E-state index contributed by atoms with van der Waals surface area (Å²) in [6, 6.07) is 15.1. The van der Waals surface area contributed by atoms with E-state index in [1.54, 1.807) is 0 Å². The first-order valence-electron chi connectivity index (χ1n) is 6.12. The molecular formula is C17H14O3. The van der Waals surface area contributed by atoms with Crippen LogP contribution in [0.1, 0.15) is 11.1 Å². The van der Waals surface area contributed by atoms with Crippen molar-refractivity contribution in [3.05, 3.63) is 59.7 Å². The van der Waals surface area contributed by atoms with Crippen LogP contribution < -0.4 is 4.74 Å². The van der Waals surface area contributed by atoms with Crippen LogP contribution in [-0.2, 0) is 9.53 Å². The second-order valence-corrected chi connectivity index (χ2v) is 4.13. The fourth-order valence-electron chi connectivity index (χ4n) is 1.63. The zero-order valence-electron chi connectivity index (χ0n) is 11.3. The molecule has 2 rings (SSSR count). The summed E-state index contributed by atoms with van der Waals surface area (Å²) in [6.07, 6.45) is 0. The van der Waals surface area contributed by atoms with E-state index in [9.17, 15) is 4.79 Å². The van der Waals surface area contributed by atoms with Gasteiger partial charge in [0.2, 0.25) is 0 Å². The molecule has 0 amide bonds. The van der Waals surface area contributed by atoms with E-state index in [1.165, 1.54) is 7.11 Å². The predicted octanol–water partition coefficient (Wildman–Crippen LogP) is 3.31. The van der Waals surface area contributed by atoms with E-state index in [2.05, 4.69) is 16.6 Å². The van der Waals surface area contributed by atoms with Crippen molar-refractivity contribution >= 4 is 5.97 Å². The Bertz CT molecular complexity index is 664. The van der Waals surface area contributed by atoms with E-state index in [0.717, 1.165) is 22.6 Å². The number of carbonyl (C=O) groups excluding carboxylic acids is 1. The van der Waals surface area contributed by atoms with Gasteiger partial charge in [-0.2, -0.15) is 0 Å². The Balaban J connectivity index is 2.17. The topological polar surface area (TPSA) is 35.5 Å². The number of hydrogen-bond donors (Lipinski definition) is 0. The first-order valence-corrected chi connectivity index (χ1v) is 6.12. The van der Waals surface area contributed by atoms with Crippen LogP contribution in [-0.4, -0.2) is 13.1 Å². The van der Waals surface area contributed by atoms with Crippen molar-refractivity contribution in [3.63, 3.8) is 0 Å². The van der Waals surface area contributed by atoms with Gasteiger partial charge in [0.25, 0.3) is 0 Å². The van der Waals surface area contributed by atoms with E-state index >= 15 is 0 Å². The van der Waals surface area contributed by atoms with E-state index < -0.39 is 5.97 Å². The number of rotatable bonds is 2. The normalized spacial score (nSPS) is 9.30. The summed E-state index contributed by atoms with van der Waals surface area (Å²) >= 11 is 0. The minimum atomic E-state index is -0.547. The van der Waals surface area contributed by atoms with Gasteiger partial charge in [-0.05, 0) is 42.8 Å². The van der Waals surface area contributed by atoms with Crippen LogP contribution in [0.3, 0.4) is 0 Å². The lowest BCUT2D eigenvalue weighted by molar-refractivity contribution is -0.133. The van der Waals surface area contributed by atoms with Gasteiger partial charge in [0.15, 0.2) is 0 Å². The van der Waals surface area contributed by atoms with Gasteiger partial charge >= 0.3 is 5.97 Å². The minimum Gasteiger partial charge on any atom is -0.459 e. The fraction of sp³-hybridized carbons (Fsp3) is 0.118. The lowest BCUT2D eigenvalue weighted by Gasteiger charge is -2.07. The molecule has 0 aliphatic carbocycles. The summed E-state index contributed by atoms with van der Waals surface area (Å²) in [7, 11) is 1.31. The molecule has 2 aromatic carbocycles. The molecule has 0 saturated heterocycles. The molecule has 0 saturated carbocycles.